The van der Waals surface area contributed by atoms with Crippen molar-refractivity contribution in [2.75, 3.05) is 0 Å². The maximum absolute atomic E-state index is 11.1. The predicted molar refractivity (Wildman–Crippen MR) is 48.1 cm³/mol. The van der Waals surface area contributed by atoms with Crippen molar-refractivity contribution in [1.29, 1.82) is 0 Å². The van der Waals surface area contributed by atoms with Gasteiger partial charge in [-0.15, -0.1) is 0 Å². The van der Waals surface area contributed by atoms with Crippen LogP contribution in [0.4, 0.5) is 0 Å². The summed E-state index contributed by atoms with van der Waals surface area (Å²) in [4.78, 5) is 14.7. The highest BCUT2D eigenvalue weighted by atomic mass is 35.5. The number of rotatable bonds is 2. The number of nitrogens with zero attached hydrogens (tertiary/aromatic N) is 2. The molecule has 0 amide bonds. The molecule has 0 saturated carbocycles. The molecule has 0 spiro atoms. The van der Waals surface area contributed by atoms with Gasteiger partial charge in [-0.3, -0.25) is 4.57 Å². The fourth-order valence-electron chi connectivity index (χ4n) is 0.811. The Bertz CT molecular complexity index is 343. The van der Waals surface area contributed by atoms with Gasteiger partial charge >= 0.3 is 5.69 Å². The molecule has 0 aliphatic rings. The summed E-state index contributed by atoms with van der Waals surface area (Å²) in [5.74, 6) is 0. The molecule has 1 aromatic heterocycles. The molecule has 0 unspecified atom stereocenters. The number of halogens is 1. The first-order valence-corrected chi connectivity index (χ1v) is 3.95. The molecule has 12 heavy (non-hydrogen) atoms. The van der Waals surface area contributed by atoms with Gasteiger partial charge in [0.25, 0.3) is 0 Å². The van der Waals surface area contributed by atoms with Crippen LogP contribution in [0.2, 0.25) is 0 Å². The van der Waals surface area contributed by atoms with E-state index in [9.17, 15) is 4.79 Å². The third kappa shape index (κ3) is 2.20. The van der Waals surface area contributed by atoms with Crippen LogP contribution in [0.15, 0.2) is 34.4 Å². The van der Waals surface area contributed by atoms with Crippen molar-refractivity contribution < 1.29 is 0 Å². The van der Waals surface area contributed by atoms with Gasteiger partial charge in [0, 0.05) is 24.5 Å². The third-order valence-corrected chi connectivity index (χ3v) is 1.76. The fourth-order valence-corrected chi connectivity index (χ4v) is 0.880. The number of hydrogen-bond donors (Lipinski definition) is 0. The molecule has 0 aliphatic carbocycles. The van der Waals surface area contributed by atoms with Gasteiger partial charge in [0.1, 0.15) is 0 Å². The van der Waals surface area contributed by atoms with Crippen LogP contribution in [0.3, 0.4) is 0 Å². The zero-order valence-corrected chi connectivity index (χ0v) is 7.45. The summed E-state index contributed by atoms with van der Waals surface area (Å²) in [5, 5.41) is 0. The standard InChI is InChI=1S/C8H9ClN2O/c1-7(5-9)6-11-4-2-3-10-8(11)12/h2-5H,6H2,1H3/b7-5-. The van der Waals surface area contributed by atoms with Crippen molar-refractivity contribution in [3.05, 3.63) is 40.1 Å². The second-order valence-electron chi connectivity index (χ2n) is 2.49. The minimum atomic E-state index is -0.254. The van der Waals surface area contributed by atoms with E-state index in [1.165, 1.54) is 16.3 Å². The van der Waals surface area contributed by atoms with Crippen LogP contribution < -0.4 is 5.69 Å². The van der Waals surface area contributed by atoms with Crippen LogP contribution >= 0.6 is 11.6 Å². The second kappa shape index (κ2) is 4.07. The van der Waals surface area contributed by atoms with Crippen LogP contribution in [0, 0.1) is 0 Å². The molecule has 0 bridgehead atoms. The van der Waals surface area contributed by atoms with Crippen LogP contribution in [-0.4, -0.2) is 9.55 Å². The Labute approximate surface area is 75.3 Å². The van der Waals surface area contributed by atoms with Gasteiger partial charge in [0.05, 0.1) is 0 Å². The molecule has 0 N–H and O–H groups in total. The van der Waals surface area contributed by atoms with Crippen LogP contribution in [0.5, 0.6) is 0 Å². The maximum atomic E-state index is 11.1. The van der Waals surface area contributed by atoms with Gasteiger partial charge < -0.3 is 0 Å². The van der Waals surface area contributed by atoms with Crippen LogP contribution in [-0.2, 0) is 6.54 Å². The second-order valence-corrected chi connectivity index (χ2v) is 2.70. The SMILES string of the molecule is C/C(=C/Cl)Cn1cccnc1=O. The van der Waals surface area contributed by atoms with Gasteiger partial charge in [-0.25, -0.2) is 9.78 Å². The van der Waals surface area contributed by atoms with Crippen LogP contribution in [0.25, 0.3) is 0 Å². The van der Waals surface area contributed by atoms with Crippen molar-refractivity contribution in [1.82, 2.24) is 9.55 Å². The molecule has 4 heteroatoms. The number of hydrogen-bond acceptors (Lipinski definition) is 2. The molecule has 0 aliphatic heterocycles. The zero-order valence-electron chi connectivity index (χ0n) is 6.70. The molecule has 0 fully saturated rings. The molecule has 1 aromatic rings. The topological polar surface area (TPSA) is 34.9 Å². The minimum absolute atomic E-state index is 0.254. The summed E-state index contributed by atoms with van der Waals surface area (Å²) in [5.41, 5.74) is 2.13. The Hall–Kier alpha value is -1.09. The lowest BCUT2D eigenvalue weighted by atomic mass is 10.3. The van der Waals surface area contributed by atoms with Crippen LogP contribution in [0.1, 0.15) is 6.92 Å². The molecule has 0 aromatic carbocycles. The maximum Gasteiger partial charge on any atom is 0.347 e. The van der Waals surface area contributed by atoms with Crippen molar-refractivity contribution >= 4 is 11.6 Å². The summed E-state index contributed by atoms with van der Waals surface area (Å²) in [6, 6.07) is 1.71. The monoisotopic (exact) mass is 184 g/mol. The Morgan fingerprint density at radius 2 is 2.58 bits per heavy atom. The van der Waals surface area contributed by atoms with Gasteiger partial charge in [-0.1, -0.05) is 11.6 Å². The van der Waals surface area contributed by atoms with Gasteiger partial charge in [-0.2, -0.15) is 0 Å². The molecule has 64 valence electrons. The normalized spacial score (nSPS) is 11.7. The first-order chi connectivity index (χ1) is 5.74. The predicted octanol–water partition coefficient (Wildman–Crippen LogP) is 1.39. The Balaban J connectivity index is 2.90. The third-order valence-electron chi connectivity index (χ3n) is 1.39. The van der Waals surface area contributed by atoms with E-state index >= 15 is 0 Å². The first-order valence-electron chi connectivity index (χ1n) is 3.51. The summed E-state index contributed by atoms with van der Waals surface area (Å²) in [7, 11) is 0. The van der Waals surface area contributed by atoms with E-state index in [0.29, 0.717) is 6.54 Å². The zero-order chi connectivity index (χ0) is 8.97. The quantitative estimate of drug-likeness (QED) is 0.696. The van der Waals surface area contributed by atoms with E-state index < -0.39 is 0 Å². The van der Waals surface area contributed by atoms with Crippen molar-refractivity contribution in [2.45, 2.75) is 13.5 Å². The minimum Gasteiger partial charge on any atom is -0.295 e. The van der Waals surface area contributed by atoms with E-state index in [1.807, 2.05) is 6.92 Å². The largest absolute Gasteiger partial charge is 0.347 e. The van der Waals surface area contributed by atoms with Gasteiger partial charge in [0.2, 0.25) is 0 Å². The van der Waals surface area contributed by atoms with E-state index in [2.05, 4.69) is 4.98 Å². The molecule has 1 heterocycles. The Morgan fingerprint density at radius 3 is 3.17 bits per heavy atom. The first kappa shape index (κ1) is 9.00. The molecule has 0 atom stereocenters. The number of aromatic nitrogens is 2. The lowest BCUT2D eigenvalue weighted by Gasteiger charge is -2.02. The molecule has 1 rings (SSSR count). The molecule has 3 nitrogen and oxygen atoms in total. The summed E-state index contributed by atoms with van der Waals surface area (Å²) in [6.07, 6.45) is 3.15. The van der Waals surface area contributed by atoms with E-state index in [4.69, 9.17) is 11.6 Å². The van der Waals surface area contributed by atoms with Crippen molar-refractivity contribution in [3.63, 3.8) is 0 Å². The van der Waals surface area contributed by atoms with Gasteiger partial charge in [-0.05, 0) is 18.6 Å². The summed E-state index contributed by atoms with van der Waals surface area (Å²) < 4.78 is 1.49. The van der Waals surface area contributed by atoms with Crippen molar-refractivity contribution in [3.8, 4) is 0 Å². The van der Waals surface area contributed by atoms with E-state index in [1.54, 1.807) is 12.3 Å². The van der Waals surface area contributed by atoms with Gasteiger partial charge in [0.15, 0.2) is 0 Å². The lowest BCUT2D eigenvalue weighted by Crippen LogP contribution is -2.21. The van der Waals surface area contributed by atoms with E-state index in [-0.39, 0.29) is 5.69 Å². The van der Waals surface area contributed by atoms with Crippen molar-refractivity contribution in [2.24, 2.45) is 0 Å². The summed E-state index contributed by atoms with van der Waals surface area (Å²) >= 11 is 5.46. The average molecular weight is 185 g/mol. The smallest absolute Gasteiger partial charge is 0.295 e. The molecular weight excluding hydrogens is 176 g/mol. The summed E-state index contributed by atoms with van der Waals surface area (Å²) in [6.45, 7) is 2.35. The Morgan fingerprint density at radius 1 is 1.83 bits per heavy atom. The number of allylic oxidation sites excluding steroid dienone is 1. The molecular formula is C8H9ClN2O. The highest BCUT2D eigenvalue weighted by molar-refractivity contribution is 6.25. The highest BCUT2D eigenvalue weighted by Gasteiger charge is 1.94. The molecule has 0 saturated heterocycles. The van der Waals surface area contributed by atoms with E-state index in [0.717, 1.165) is 5.57 Å². The lowest BCUT2D eigenvalue weighted by molar-refractivity contribution is 0.717. The fraction of sp³-hybridized carbons (Fsp3) is 0.250. The Kier molecular flexibility index (Phi) is 3.05. The highest BCUT2D eigenvalue weighted by Crippen LogP contribution is 1.97. The average Bonchev–Trinajstić information content (AvgIpc) is 2.09. The molecule has 0 radical (unpaired) electrons.